The van der Waals surface area contributed by atoms with Gasteiger partial charge < -0.3 is 5.11 Å². The second-order valence-corrected chi connectivity index (χ2v) is 4.24. The second-order valence-electron chi connectivity index (χ2n) is 4.24. The van der Waals surface area contributed by atoms with Gasteiger partial charge in [-0.3, -0.25) is 15.1 Å². The maximum absolute atomic E-state index is 8.89. The van der Waals surface area contributed by atoms with Crippen molar-refractivity contribution in [3.63, 3.8) is 0 Å². The van der Waals surface area contributed by atoms with E-state index in [1.807, 2.05) is 0 Å². The second kappa shape index (κ2) is 5.07. The maximum atomic E-state index is 8.89. The topological polar surface area (TPSA) is 38.7 Å². The average molecular weight is 199 g/mol. The molecule has 2 aliphatic rings. The van der Waals surface area contributed by atoms with E-state index in [9.17, 15) is 0 Å². The lowest BCUT2D eigenvalue weighted by atomic mass is 10.3. The maximum Gasteiger partial charge on any atom is 0.0728 e. The third kappa shape index (κ3) is 2.45. The predicted octanol–water partition coefficient (Wildman–Crippen LogP) is -0.694. The Bertz CT molecular complexity index is 169. The van der Waals surface area contributed by atoms with Gasteiger partial charge in [-0.1, -0.05) is 0 Å². The zero-order valence-corrected chi connectivity index (χ0v) is 8.78. The molecule has 0 spiro atoms. The molecule has 0 aromatic heterocycles. The van der Waals surface area contributed by atoms with Gasteiger partial charge in [0.05, 0.1) is 12.8 Å². The molecule has 0 bridgehead atoms. The molecule has 2 rings (SSSR count). The Balaban J connectivity index is 1.80. The summed E-state index contributed by atoms with van der Waals surface area (Å²) >= 11 is 0. The fourth-order valence-electron chi connectivity index (χ4n) is 2.43. The molecule has 82 valence electrons. The highest BCUT2D eigenvalue weighted by atomic mass is 16.3. The van der Waals surface area contributed by atoms with Crippen molar-refractivity contribution < 1.29 is 5.11 Å². The highest BCUT2D eigenvalue weighted by Gasteiger charge is 2.26. The molecular formula is C10H21N3O. The van der Waals surface area contributed by atoms with Crippen LogP contribution in [-0.2, 0) is 0 Å². The lowest BCUT2D eigenvalue weighted by Crippen LogP contribution is -2.58. The highest BCUT2D eigenvalue weighted by molar-refractivity contribution is 4.81. The molecular weight excluding hydrogens is 178 g/mol. The Hall–Kier alpha value is -0.160. The van der Waals surface area contributed by atoms with Crippen LogP contribution in [-0.4, -0.2) is 66.9 Å². The summed E-state index contributed by atoms with van der Waals surface area (Å²) in [5, 5.41) is 12.4. The monoisotopic (exact) mass is 199 g/mol. The number of aliphatic hydroxyl groups is 1. The first-order chi connectivity index (χ1) is 6.90. The van der Waals surface area contributed by atoms with E-state index in [1.165, 1.54) is 25.9 Å². The summed E-state index contributed by atoms with van der Waals surface area (Å²) in [5.41, 5.74) is 0. The highest BCUT2D eigenvalue weighted by Crippen LogP contribution is 2.12. The fourth-order valence-corrected chi connectivity index (χ4v) is 2.43. The number of nitrogens with zero attached hydrogens (tertiary/aromatic N) is 2. The molecule has 0 aromatic carbocycles. The first kappa shape index (κ1) is 10.4. The van der Waals surface area contributed by atoms with Gasteiger partial charge in [-0.15, -0.1) is 0 Å². The van der Waals surface area contributed by atoms with Crippen molar-refractivity contribution in [2.24, 2.45) is 0 Å². The van der Waals surface area contributed by atoms with Gasteiger partial charge in [0.15, 0.2) is 0 Å². The summed E-state index contributed by atoms with van der Waals surface area (Å²) in [6, 6.07) is 0. The molecule has 2 aliphatic heterocycles. The minimum Gasteiger partial charge on any atom is -0.395 e. The molecule has 2 saturated heterocycles. The van der Waals surface area contributed by atoms with E-state index in [1.54, 1.807) is 0 Å². The molecule has 2 N–H and O–H groups in total. The SMILES string of the molecule is OCCN1CCNC(N2CCCC2)C1. The van der Waals surface area contributed by atoms with Crippen molar-refractivity contribution in [3.8, 4) is 0 Å². The Morgan fingerprint density at radius 3 is 2.71 bits per heavy atom. The normalized spacial score (nSPS) is 31.1. The molecule has 4 heteroatoms. The van der Waals surface area contributed by atoms with E-state index in [2.05, 4.69) is 15.1 Å². The van der Waals surface area contributed by atoms with Crippen molar-refractivity contribution >= 4 is 0 Å². The predicted molar refractivity (Wildman–Crippen MR) is 56.1 cm³/mol. The lowest BCUT2D eigenvalue weighted by molar-refractivity contribution is 0.0880. The molecule has 0 amide bonds. The summed E-state index contributed by atoms with van der Waals surface area (Å²) in [6.45, 7) is 6.79. The molecule has 0 aromatic rings. The molecule has 1 unspecified atom stereocenters. The lowest BCUT2D eigenvalue weighted by Gasteiger charge is -2.38. The van der Waals surface area contributed by atoms with Gasteiger partial charge in [-0.2, -0.15) is 0 Å². The van der Waals surface area contributed by atoms with Crippen LogP contribution in [0.1, 0.15) is 12.8 Å². The van der Waals surface area contributed by atoms with Crippen LogP contribution < -0.4 is 5.32 Å². The molecule has 0 saturated carbocycles. The molecule has 2 heterocycles. The summed E-state index contributed by atoms with van der Waals surface area (Å²) in [5.74, 6) is 0. The standard InChI is InChI=1S/C10H21N3O/c14-8-7-12-6-3-11-10(9-12)13-4-1-2-5-13/h10-11,14H,1-9H2. The van der Waals surface area contributed by atoms with Crippen LogP contribution in [0.3, 0.4) is 0 Å². The van der Waals surface area contributed by atoms with Gasteiger partial charge in [0, 0.05) is 26.2 Å². The summed E-state index contributed by atoms with van der Waals surface area (Å²) in [4.78, 5) is 4.88. The number of hydrogen-bond acceptors (Lipinski definition) is 4. The Labute approximate surface area is 85.9 Å². The molecule has 0 radical (unpaired) electrons. The van der Waals surface area contributed by atoms with Crippen molar-refractivity contribution in [2.75, 3.05) is 45.9 Å². The number of hydrogen-bond donors (Lipinski definition) is 2. The van der Waals surface area contributed by atoms with Crippen LogP contribution in [0, 0.1) is 0 Å². The van der Waals surface area contributed by atoms with Gasteiger partial charge >= 0.3 is 0 Å². The van der Waals surface area contributed by atoms with E-state index >= 15 is 0 Å². The van der Waals surface area contributed by atoms with E-state index in [-0.39, 0.29) is 6.61 Å². The van der Waals surface area contributed by atoms with Gasteiger partial charge in [-0.05, 0) is 25.9 Å². The third-order valence-electron chi connectivity index (χ3n) is 3.24. The summed E-state index contributed by atoms with van der Waals surface area (Å²) < 4.78 is 0. The van der Waals surface area contributed by atoms with Crippen molar-refractivity contribution in [1.82, 2.24) is 15.1 Å². The van der Waals surface area contributed by atoms with Crippen LogP contribution in [0.25, 0.3) is 0 Å². The van der Waals surface area contributed by atoms with Gasteiger partial charge in [-0.25, -0.2) is 0 Å². The molecule has 2 fully saturated rings. The van der Waals surface area contributed by atoms with Crippen LogP contribution >= 0.6 is 0 Å². The van der Waals surface area contributed by atoms with Crippen molar-refractivity contribution in [2.45, 2.75) is 19.0 Å². The van der Waals surface area contributed by atoms with Gasteiger partial charge in [0.2, 0.25) is 0 Å². The number of aliphatic hydroxyl groups excluding tert-OH is 1. The minimum absolute atomic E-state index is 0.284. The van der Waals surface area contributed by atoms with Crippen LogP contribution in [0.15, 0.2) is 0 Å². The largest absolute Gasteiger partial charge is 0.395 e. The minimum atomic E-state index is 0.284. The van der Waals surface area contributed by atoms with Crippen LogP contribution in [0.2, 0.25) is 0 Å². The van der Waals surface area contributed by atoms with Gasteiger partial charge in [0.25, 0.3) is 0 Å². The number of rotatable bonds is 3. The van der Waals surface area contributed by atoms with Gasteiger partial charge in [0.1, 0.15) is 0 Å². The Morgan fingerprint density at radius 1 is 1.21 bits per heavy atom. The number of likely N-dealkylation sites (tertiary alicyclic amines) is 1. The average Bonchev–Trinajstić information content (AvgIpc) is 2.71. The van der Waals surface area contributed by atoms with Crippen LogP contribution in [0.5, 0.6) is 0 Å². The molecule has 14 heavy (non-hydrogen) atoms. The third-order valence-corrected chi connectivity index (χ3v) is 3.24. The quantitative estimate of drug-likeness (QED) is 0.631. The molecule has 0 aliphatic carbocycles. The molecule has 1 atom stereocenters. The first-order valence-corrected chi connectivity index (χ1v) is 5.71. The fraction of sp³-hybridized carbons (Fsp3) is 1.00. The zero-order valence-electron chi connectivity index (χ0n) is 8.78. The first-order valence-electron chi connectivity index (χ1n) is 5.71. The zero-order chi connectivity index (χ0) is 9.80. The Kier molecular flexibility index (Phi) is 3.75. The molecule has 4 nitrogen and oxygen atoms in total. The van der Waals surface area contributed by atoms with E-state index in [0.717, 1.165) is 26.2 Å². The van der Waals surface area contributed by atoms with E-state index in [4.69, 9.17) is 5.11 Å². The number of nitrogens with one attached hydrogen (secondary N) is 1. The van der Waals surface area contributed by atoms with Crippen molar-refractivity contribution in [3.05, 3.63) is 0 Å². The van der Waals surface area contributed by atoms with Crippen LogP contribution in [0.4, 0.5) is 0 Å². The number of piperazine rings is 1. The smallest absolute Gasteiger partial charge is 0.0728 e. The Morgan fingerprint density at radius 2 is 2.00 bits per heavy atom. The summed E-state index contributed by atoms with van der Waals surface area (Å²) in [7, 11) is 0. The van der Waals surface area contributed by atoms with E-state index in [0.29, 0.717) is 6.17 Å². The van der Waals surface area contributed by atoms with E-state index < -0.39 is 0 Å². The number of β-amino-alcohol motifs (C(OH)–C–C–N with tert-alkyl or cyclic N) is 1. The van der Waals surface area contributed by atoms with Crippen molar-refractivity contribution in [1.29, 1.82) is 0 Å². The summed E-state index contributed by atoms with van der Waals surface area (Å²) in [6.07, 6.45) is 3.22.